The first-order valence-corrected chi connectivity index (χ1v) is 6.89. The predicted molar refractivity (Wildman–Crippen MR) is 83.4 cm³/mol. The molecule has 1 aliphatic heterocycles. The highest BCUT2D eigenvalue weighted by Gasteiger charge is 2.26. The molecule has 1 amide bonds. The Hall–Kier alpha value is -0.970. The third-order valence-corrected chi connectivity index (χ3v) is 4.05. The smallest absolute Gasteiger partial charge is 0.255 e. The van der Waals surface area contributed by atoms with Crippen molar-refractivity contribution in [2.75, 3.05) is 18.8 Å². The first-order valence-electron chi connectivity index (χ1n) is 6.51. The average molecular weight is 319 g/mol. The molecule has 0 aliphatic carbocycles. The molecule has 112 valence electrons. The number of hydrogen-bond donors (Lipinski definition) is 2. The summed E-state index contributed by atoms with van der Waals surface area (Å²) in [6.45, 7) is 3.13. The van der Waals surface area contributed by atoms with Gasteiger partial charge >= 0.3 is 0 Å². The number of nitrogens with zero attached hydrogens (tertiary/aromatic N) is 1. The molecule has 0 saturated carbocycles. The first kappa shape index (κ1) is 17.1. The van der Waals surface area contributed by atoms with Gasteiger partial charge in [0.25, 0.3) is 5.91 Å². The Morgan fingerprint density at radius 1 is 1.45 bits per heavy atom. The predicted octanol–water partition coefficient (Wildman–Crippen LogP) is 2.58. The lowest BCUT2D eigenvalue weighted by Crippen LogP contribution is -2.40. The van der Waals surface area contributed by atoms with Crippen LogP contribution in [-0.4, -0.2) is 35.1 Å². The molecule has 0 aromatic heterocycles. The van der Waals surface area contributed by atoms with Gasteiger partial charge in [0.1, 0.15) is 0 Å². The lowest BCUT2D eigenvalue weighted by atomic mass is 9.92. The monoisotopic (exact) mass is 318 g/mol. The Labute approximate surface area is 130 Å². The number of benzene rings is 1. The van der Waals surface area contributed by atoms with E-state index in [4.69, 9.17) is 17.3 Å². The highest BCUT2D eigenvalue weighted by atomic mass is 35.5. The van der Waals surface area contributed by atoms with E-state index < -0.39 is 0 Å². The van der Waals surface area contributed by atoms with E-state index in [9.17, 15) is 9.90 Å². The molecule has 20 heavy (non-hydrogen) atoms. The molecule has 1 saturated heterocycles. The van der Waals surface area contributed by atoms with Crippen LogP contribution in [0.3, 0.4) is 0 Å². The standard InChI is InChI=1S/C14H19ClN2O2.ClH/c1-9(18)10-4-6-17(7-5-10)14(19)12-3-2-11(16)8-13(12)15;/h2-3,8-10,18H,4-7,16H2,1H3;1H. The molecule has 1 unspecified atom stereocenters. The van der Waals surface area contributed by atoms with Crippen LogP contribution in [0.25, 0.3) is 0 Å². The van der Waals surface area contributed by atoms with E-state index in [1.54, 1.807) is 30.0 Å². The van der Waals surface area contributed by atoms with Crippen molar-refractivity contribution < 1.29 is 9.90 Å². The third-order valence-electron chi connectivity index (χ3n) is 3.73. The molecule has 1 heterocycles. The van der Waals surface area contributed by atoms with Crippen LogP contribution in [0, 0.1) is 5.92 Å². The zero-order valence-electron chi connectivity index (χ0n) is 11.4. The SMILES string of the molecule is CC(O)C1CCN(C(=O)c2ccc(N)cc2Cl)CC1.Cl. The van der Waals surface area contributed by atoms with Crippen molar-refractivity contribution >= 4 is 35.6 Å². The summed E-state index contributed by atoms with van der Waals surface area (Å²) in [6.07, 6.45) is 1.35. The number of likely N-dealkylation sites (tertiary alicyclic amines) is 1. The van der Waals surface area contributed by atoms with Crippen LogP contribution in [-0.2, 0) is 0 Å². The van der Waals surface area contributed by atoms with Crippen molar-refractivity contribution in [3.63, 3.8) is 0 Å². The van der Waals surface area contributed by atoms with Crippen LogP contribution in [0.4, 0.5) is 5.69 Å². The van der Waals surface area contributed by atoms with Crippen molar-refractivity contribution in [2.24, 2.45) is 5.92 Å². The third kappa shape index (κ3) is 3.78. The van der Waals surface area contributed by atoms with Crippen molar-refractivity contribution in [1.82, 2.24) is 4.90 Å². The van der Waals surface area contributed by atoms with Gasteiger partial charge in [0.15, 0.2) is 0 Å². The Morgan fingerprint density at radius 2 is 2.05 bits per heavy atom. The van der Waals surface area contributed by atoms with Crippen LogP contribution in [0.5, 0.6) is 0 Å². The summed E-state index contributed by atoms with van der Waals surface area (Å²) in [6, 6.07) is 4.94. The van der Waals surface area contributed by atoms with Crippen LogP contribution in [0.2, 0.25) is 5.02 Å². The number of nitrogens with two attached hydrogens (primary N) is 1. The van der Waals surface area contributed by atoms with E-state index >= 15 is 0 Å². The van der Waals surface area contributed by atoms with Gasteiger partial charge in [0.05, 0.1) is 16.7 Å². The Kier molecular flexibility index (Phi) is 6.11. The van der Waals surface area contributed by atoms with E-state index in [1.165, 1.54) is 0 Å². The van der Waals surface area contributed by atoms with Gasteiger partial charge in [-0.3, -0.25) is 4.79 Å². The highest BCUT2D eigenvalue weighted by Crippen LogP contribution is 2.25. The molecule has 1 aromatic carbocycles. The Balaban J connectivity index is 0.00000200. The van der Waals surface area contributed by atoms with E-state index in [-0.39, 0.29) is 30.3 Å². The lowest BCUT2D eigenvalue weighted by molar-refractivity contribution is 0.0521. The number of aliphatic hydroxyl groups is 1. The minimum absolute atomic E-state index is 0. The van der Waals surface area contributed by atoms with Gasteiger partial charge in [-0.25, -0.2) is 0 Å². The molecular weight excluding hydrogens is 299 g/mol. The van der Waals surface area contributed by atoms with Gasteiger partial charge in [-0.1, -0.05) is 11.6 Å². The summed E-state index contributed by atoms with van der Waals surface area (Å²) in [5.41, 5.74) is 6.66. The molecule has 0 radical (unpaired) electrons. The molecule has 3 N–H and O–H groups in total. The molecule has 1 fully saturated rings. The zero-order valence-corrected chi connectivity index (χ0v) is 13.0. The Bertz CT molecular complexity index is 472. The average Bonchev–Trinajstić information content (AvgIpc) is 2.38. The number of carbonyl (C=O) groups excluding carboxylic acids is 1. The van der Waals surface area contributed by atoms with Gasteiger partial charge in [0.2, 0.25) is 0 Å². The topological polar surface area (TPSA) is 66.6 Å². The molecule has 4 nitrogen and oxygen atoms in total. The molecule has 2 rings (SSSR count). The maximum absolute atomic E-state index is 12.3. The highest BCUT2D eigenvalue weighted by molar-refractivity contribution is 6.34. The molecule has 0 bridgehead atoms. The number of rotatable bonds is 2. The molecule has 1 aliphatic rings. The molecule has 6 heteroatoms. The number of anilines is 1. The number of halogens is 2. The summed E-state index contributed by atoms with van der Waals surface area (Å²) >= 11 is 6.06. The lowest BCUT2D eigenvalue weighted by Gasteiger charge is -2.33. The minimum atomic E-state index is -0.308. The van der Waals surface area contributed by atoms with Gasteiger partial charge in [0, 0.05) is 18.8 Å². The van der Waals surface area contributed by atoms with E-state index in [0.717, 1.165) is 12.8 Å². The number of amides is 1. The number of carbonyl (C=O) groups is 1. The Morgan fingerprint density at radius 3 is 2.55 bits per heavy atom. The summed E-state index contributed by atoms with van der Waals surface area (Å²) in [4.78, 5) is 14.1. The van der Waals surface area contributed by atoms with Crippen molar-refractivity contribution in [3.05, 3.63) is 28.8 Å². The number of aliphatic hydroxyl groups excluding tert-OH is 1. The van der Waals surface area contributed by atoms with Crippen LogP contribution >= 0.6 is 24.0 Å². The molecule has 1 aromatic rings. The van der Waals surface area contributed by atoms with Crippen LogP contribution in [0.1, 0.15) is 30.1 Å². The van der Waals surface area contributed by atoms with Gasteiger partial charge in [-0.05, 0) is 43.9 Å². The maximum atomic E-state index is 12.3. The number of nitrogen functional groups attached to an aromatic ring is 1. The molecule has 1 atom stereocenters. The second kappa shape index (κ2) is 7.16. The fraction of sp³-hybridized carbons (Fsp3) is 0.500. The largest absolute Gasteiger partial charge is 0.399 e. The van der Waals surface area contributed by atoms with Crippen LogP contribution < -0.4 is 5.73 Å². The van der Waals surface area contributed by atoms with E-state index in [0.29, 0.717) is 29.4 Å². The number of piperidine rings is 1. The fourth-order valence-electron chi connectivity index (χ4n) is 2.46. The normalized spacial score (nSPS) is 17.4. The van der Waals surface area contributed by atoms with E-state index in [2.05, 4.69) is 0 Å². The zero-order chi connectivity index (χ0) is 14.0. The van der Waals surface area contributed by atoms with Crippen molar-refractivity contribution in [3.8, 4) is 0 Å². The molecular formula is C14H20Cl2N2O2. The van der Waals surface area contributed by atoms with Crippen molar-refractivity contribution in [2.45, 2.75) is 25.9 Å². The minimum Gasteiger partial charge on any atom is -0.399 e. The van der Waals surface area contributed by atoms with E-state index in [1.807, 2.05) is 0 Å². The van der Waals surface area contributed by atoms with Gasteiger partial charge in [-0.2, -0.15) is 0 Å². The summed E-state index contributed by atoms with van der Waals surface area (Å²) in [5, 5.41) is 9.95. The van der Waals surface area contributed by atoms with Gasteiger partial charge < -0.3 is 15.7 Å². The maximum Gasteiger partial charge on any atom is 0.255 e. The number of hydrogen-bond acceptors (Lipinski definition) is 3. The molecule has 0 spiro atoms. The van der Waals surface area contributed by atoms with Crippen LogP contribution in [0.15, 0.2) is 18.2 Å². The second-order valence-electron chi connectivity index (χ2n) is 5.11. The quantitative estimate of drug-likeness (QED) is 0.824. The first-order chi connectivity index (χ1) is 8.99. The summed E-state index contributed by atoms with van der Waals surface area (Å²) in [7, 11) is 0. The second-order valence-corrected chi connectivity index (χ2v) is 5.52. The fourth-order valence-corrected chi connectivity index (χ4v) is 2.73. The summed E-state index contributed by atoms with van der Waals surface area (Å²) in [5.74, 6) is 0.222. The van der Waals surface area contributed by atoms with Crippen molar-refractivity contribution in [1.29, 1.82) is 0 Å². The van der Waals surface area contributed by atoms with Gasteiger partial charge in [-0.15, -0.1) is 12.4 Å². The summed E-state index contributed by atoms with van der Waals surface area (Å²) < 4.78 is 0.